The first-order chi connectivity index (χ1) is 6.63. The molecular formula is C11H15BrClN. The zero-order valence-corrected chi connectivity index (χ0v) is 10.8. The van der Waals surface area contributed by atoms with Gasteiger partial charge in [0.1, 0.15) is 0 Å². The summed E-state index contributed by atoms with van der Waals surface area (Å²) in [6, 6.07) is 6.41. The summed E-state index contributed by atoms with van der Waals surface area (Å²) in [6.07, 6.45) is 2.38. The number of benzene rings is 1. The Labute approximate surface area is 99.0 Å². The Kier molecular flexibility index (Phi) is 4.76. The second-order valence-corrected chi connectivity index (χ2v) is 4.72. The fraction of sp³-hybridized carbons (Fsp3) is 0.455. The molecule has 1 unspecified atom stereocenters. The largest absolute Gasteiger partial charge is 0.383 e. The van der Waals surface area contributed by atoms with Crippen LogP contribution in [0, 0.1) is 0 Å². The van der Waals surface area contributed by atoms with E-state index in [4.69, 9.17) is 11.6 Å². The van der Waals surface area contributed by atoms with E-state index in [0.717, 1.165) is 15.2 Å². The summed E-state index contributed by atoms with van der Waals surface area (Å²) in [4.78, 5) is 0. The number of hydrogen-bond donors (Lipinski definition) is 1. The predicted octanol–water partition coefficient (Wildman–Crippen LogP) is 4.70. The van der Waals surface area contributed by atoms with E-state index in [1.165, 1.54) is 12.8 Å². The average molecular weight is 277 g/mol. The standard InChI is InChI=1S/C11H15BrClN/c1-3-4-8(2)14-9-5-6-11(13)10(12)7-9/h5-8,14H,3-4H2,1-2H3. The van der Waals surface area contributed by atoms with Gasteiger partial charge >= 0.3 is 0 Å². The van der Waals surface area contributed by atoms with Gasteiger partial charge in [-0.2, -0.15) is 0 Å². The molecule has 0 aliphatic rings. The van der Waals surface area contributed by atoms with Crippen molar-refractivity contribution in [1.29, 1.82) is 0 Å². The van der Waals surface area contributed by atoms with Crippen LogP contribution in [0.5, 0.6) is 0 Å². The lowest BCUT2D eigenvalue weighted by molar-refractivity contribution is 0.690. The molecule has 0 amide bonds. The van der Waals surface area contributed by atoms with Gasteiger partial charge in [-0.3, -0.25) is 0 Å². The molecule has 0 bridgehead atoms. The molecule has 0 aromatic heterocycles. The smallest absolute Gasteiger partial charge is 0.0549 e. The summed E-state index contributed by atoms with van der Waals surface area (Å²) in [5, 5.41) is 4.17. The van der Waals surface area contributed by atoms with E-state index in [1.54, 1.807) is 0 Å². The zero-order valence-electron chi connectivity index (χ0n) is 8.48. The number of rotatable bonds is 4. The van der Waals surface area contributed by atoms with Crippen molar-refractivity contribution in [2.75, 3.05) is 5.32 Å². The third-order valence-corrected chi connectivity index (χ3v) is 3.27. The molecule has 1 nitrogen and oxygen atoms in total. The molecule has 0 saturated carbocycles. The van der Waals surface area contributed by atoms with Crippen LogP contribution in [0.1, 0.15) is 26.7 Å². The van der Waals surface area contributed by atoms with Crippen molar-refractivity contribution in [3.05, 3.63) is 27.7 Å². The summed E-state index contributed by atoms with van der Waals surface area (Å²) in [5.74, 6) is 0. The number of nitrogens with one attached hydrogen (secondary N) is 1. The Balaban J connectivity index is 2.63. The Morgan fingerprint density at radius 3 is 2.79 bits per heavy atom. The topological polar surface area (TPSA) is 12.0 Å². The molecule has 78 valence electrons. The molecule has 0 fully saturated rings. The minimum absolute atomic E-state index is 0.507. The van der Waals surface area contributed by atoms with Gasteiger partial charge in [0.2, 0.25) is 0 Å². The molecule has 1 aromatic carbocycles. The van der Waals surface area contributed by atoms with E-state index in [1.807, 2.05) is 18.2 Å². The zero-order chi connectivity index (χ0) is 10.6. The third-order valence-electron chi connectivity index (χ3n) is 2.05. The van der Waals surface area contributed by atoms with Crippen LogP contribution in [-0.2, 0) is 0 Å². The molecule has 1 atom stereocenters. The maximum atomic E-state index is 5.90. The first kappa shape index (κ1) is 11.9. The maximum absolute atomic E-state index is 5.90. The molecule has 0 aliphatic heterocycles. The van der Waals surface area contributed by atoms with Crippen molar-refractivity contribution in [1.82, 2.24) is 0 Å². The van der Waals surface area contributed by atoms with E-state index < -0.39 is 0 Å². The minimum atomic E-state index is 0.507. The number of anilines is 1. The quantitative estimate of drug-likeness (QED) is 0.840. The van der Waals surface area contributed by atoms with Gasteiger partial charge in [0, 0.05) is 16.2 Å². The second kappa shape index (κ2) is 5.62. The van der Waals surface area contributed by atoms with Crippen LogP contribution in [0.2, 0.25) is 5.02 Å². The molecule has 0 radical (unpaired) electrons. The first-order valence-electron chi connectivity index (χ1n) is 4.85. The summed E-state index contributed by atoms with van der Waals surface area (Å²) in [7, 11) is 0. The van der Waals surface area contributed by atoms with Crippen molar-refractivity contribution < 1.29 is 0 Å². The molecule has 0 heterocycles. The van der Waals surface area contributed by atoms with Gasteiger partial charge in [0.25, 0.3) is 0 Å². The van der Waals surface area contributed by atoms with Crippen molar-refractivity contribution in [3.63, 3.8) is 0 Å². The van der Waals surface area contributed by atoms with Crippen molar-refractivity contribution in [2.24, 2.45) is 0 Å². The number of halogens is 2. The molecule has 0 aliphatic carbocycles. The van der Waals surface area contributed by atoms with Gasteiger partial charge in [-0.05, 0) is 47.5 Å². The van der Waals surface area contributed by atoms with E-state index >= 15 is 0 Å². The highest BCUT2D eigenvalue weighted by molar-refractivity contribution is 9.10. The molecule has 14 heavy (non-hydrogen) atoms. The Morgan fingerprint density at radius 2 is 2.21 bits per heavy atom. The number of hydrogen-bond acceptors (Lipinski definition) is 1. The van der Waals surface area contributed by atoms with Gasteiger partial charge in [0.05, 0.1) is 5.02 Å². The fourth-order valence-corrected chi connectivity index (χ4v) is 1.87. The van der Waals surface area contributed by atoms with E-state index in [2.05, 4.69) is 35.1 Å². The Bertz CT molecular complexity index is 301. The fourth-order valence-electron chi connectivity index (χ4n) is 1.38. The minimum Gasteiger partial charge on any atom is -0.383 e. The lowest BCUT2D eigenvalue weighted by Gasteiger charge is -2.14. The summed E-state index contributed by atoms with van der Waals surface area (Å²) in [5.41, 5.74) is 1.11. The van der Waals surface area contributed by atoms with Crippen LogP contribution >= 0.6 is 27.5 Å². The lowest BCUT2D eigenvalue weighted by Crippen LogP contribution is -2.14. The van der Waals surface area contributed by atoms with E-state index in [-0.39, 0.29) is 0 Å². The Hall–Kier alpha value is -0.210. The molecule has 3 heteroatoms. The summed E-state index contributed by atoms with van der Waals surface area (Å²) in [6.45, 7) is 4.38. The highest BCUT2D eigenvalue weighted by Crippen LogP contribution is 2.26. The van der Waals surface area contributed by atoms with Crippen LogP contribution in [0.15, 0.2) is 22.7 Å². The second-order valence-electron chi connectivity index (χ2n) is 3.46. The van der Waals surface area contributed by atoms with Gasteiger partial charge in [-0.25, -0.2) is 0 Å². The van der Waals surface area contributed by atoms with Crippen LogP contribution in [0.3, 0.4) is 0 Å². The van der Waals surface area contributed by atoms with Gasteiger partial charge in [-0.1, -0.05) is 24.9 Å². The molecular weight excluding hydrogens is 261 g/mol. The van der Waals surface area contributed by atoms with E-state index in [0.29, 0.717) is 6.04 Å². The van der Waals surface area contributed by atoms with Gasteiger partial charge in [-0.15, -0.1) is 0 Å². The van der Waals surface area contributed by atoms with E-state index in [9.17, 15) is 0 Å². The molecule has 0 saturated heterocycles. The predicted molar refractivity (Wildman–Crippen MR) is 67.1 cm³/mol. The normalized spacial score (nSPS) is 12.6. The van der Waals surface area contributed by atoms with Crippen LogP contribution < -0.4 is 5.32 Å². The third kappa shape index (κ3) is 3.50. The van der Waals surface area contributed by atoms with Crippen LogP contribution in [0.25, 0.3) is 0 Å². The van der Waals surface area contributed by atoms with Crippen LogP contribution in [-0.4, -0.2) is 6.04 Å². The van der Waals surface area contributed by atoms with Gasteiger partial charge in [0.15, 0.2) is 0 Å². The first-order valence-corrected chi connectivity index (χ1v) is 6.02. The highest BCUT2D eigenvalue weighted by atomic mass is 79.9. The van der Waals surface area contributed by atoms with Crippen molar-refractivity contribution in [3.8, 4) is 0 Å². The molecule has 1 rings (SSSR count). The highest BCUT2D eigenvalue weighted by Gasteiger charge is 2.02. The molecule has 0 spiro atoms. The van der Waals surface area contributed by atoms with Gasteiger partial charge < -0.3 is 5.32 Å². The monoisotopic (exact) mass is 275 g/mol. The maximum Gasteiger partial charge on any atom is 0.0549 e. The Morgan fingerprint density at radius 1 is 1.50 bits per heavy atom. The summed E-state index contributed by atoms with van der Waals surface area (Å²) >= 11 is 9.31. The lowest BCUT2D eigenvalue weighted by atomic mass is 10.2. The van der Waals surface area contributed by atoms with Crippen LogP contribution in [0.4, 0.5) is 5.69 Å². The summed E-state index contributed by atoms with van der Waals surface area (Å²) < 4.78 is 0.938. The average Bonchev–Trinajstić information content (AvgIpc) is 2.12. The SMILES string of the molecule is CCCC(C)Nc1ccc(Cl)c(Br)c1. The molecule has 1 N–H and O–H groups in total. The van der Waals surface area contributed by atoms with Crippen molar-refractivity contribution in [2.45, 2.75) is 32.7 Å². The molecule has 1 aromatic rings. The van der Waals surface area contributed by atoms with Crippen molar-refractivity contribution >= 4 is 33.2 Å².